The first kappa shape index (κ1) is 18.0. The van der Waals surface area contributed by atoms with E-state index in [0.29, 0.717) is 4.91 Å². The van der Waals surface area contributed by atoms with E-state index in [-0.39, 0.29) is 17.2 Å². The summed E-state index contributed by atoms with van der Waals surface area (Å²) >= 11 is 1.03. The van der Waals surface area contributed by atoms with Crippen LogP contribution < -0.4 is 4.90 Å². The molecule has 25 heavy (non-hydrogen) atoms. The summed E-state index contributed by atoms with van der Waals surface area (Å²) in [6.07, 6.45) is 2.60. The number of nitrogens with zero attached hydrogens (tertiary/aromatic N) is 2. The van der Waals surface area contributed by atoms with Gasteiger partial charge in [0.1, 0.15) is 0 Å². The van der Waals surface area contributed by atoms with Crippen molar-refractivity contribution in [1.82, 2.24) is 4.90 Å². The normalized spacial score (nSPS) is 21.3. The molecule has 0 N–H and O–H groups in total. The molecule has 2 saturated heterocycles. The number of morpholine rings is 1. The molecule has 2 aliphatic rings. The molecule has 6 heteroatoms. The van der Waals surface area contributed by atoms with E-state index in [2.05, 4.69) is 17.0 Å². The summed E-state index contributed by atoms with van der Waals surface area (Å²) < 4.78 is 5.40. The number of hydrogen-bond donors (Lipinski definition) is 0. The number of thioether (sulfide) groups is 1. The van der Waals surface area contributed by atoms with Crippen LogP contribution in [0.5, 0.6) is 0 Å². The molecular formula is C19H24N2O3S. The third-order valence-corrected chi connectivity index (χ3v) is 5.66. The minimum Gasteiger partial charge on any atom is -0.378 e. The van der Waals surface area contributed by atoms with Crippen molar-refractivity contribution in [3.05, 3.63) is 34.2 Å². The molecule has 0 radical (unpaired) electrons. The van der Waals surface area contributed by atoms with Crippen molar-refractivity contribution in [3.8, 4) is 0 Å². The van der Waals surface area contributed by atoms with Gasteiger partial charge in [-0.15, -0.1) is 0 Å². The monoisotopic (exact) mass is 360 g/mol. The molecule has 0 aromatic heterocycles. The maximum atomic E-state index is 12.5. The molecule has 1 atom stereocenters. The summed E-state index contributed by atoms with van der Waals surface area (Å²) in [5.41, 5.74) is 3.25. The summed E-state index contributed by atoms with van der Waals surface area (Å²) in [5.74, 6) is -0.180. The van der Waals surface area contributed by atoms with Gasteiger partial charge in [-0.2, -0.15) is 0 Å². The molecule has 0 spiro atoms. The Hall–Kier alpha value is -1.79. The van der Waals surface area contributed by atoms with Crippen LogP contribution in [-0.4, -0.2) is 48.4 Å². The van der Waals surface area contributed by atoms with Crippen LogP contribution in [0.25, 0.3) is 6.08 Å². The van der Waals surface area contributed by atoms with Gasteiger partial charge in [0.2, 0.25) is 0 Å². The topological polar surface area (TPSA) is 49.9 Å². The van der Waals surface area contributed by atoms with Gasteiger partial charge in [0.05, 0.1) is 18.1 Å². The van der Waals surface area contributed by atoms with Crippen LogP contribution in [0.4, 0.5) is 10.5 Å². The van der Waals surface area contributed by atoms with Crippen LogP contribution in [0.3, 0.4) is 0 Å². The van der Waals surface area contributed by atoms with E-state index in [9.17, 15) is 9.59 Å². The zero-order valence-electron chi connectivity index (χ0n) is 14.9. The number of hydrogen-bond acceptors (Lipinski definition) is 5. The number of carbonyl (C=O) groups excluding carboxylic acids is 2. The zero-order valence-corrected chi connectivity index (χ0v) is 15.8. The van der Waals surface area contributed by atoms with Gasteiger partial charge in [-0.25, -0.2) is 0 Å². The Balaban J connectivity index is 1.81. The van der Waals surface area contributed by atoms with E-state index in [1.807, 2.05) is 32.9 Å². The second-order valence-electron chi connectivity index (χ2n) is 6.45. The molecule has 1 aromatic rings. The third-order valence-electron chi connectivity index (χ3n) is 4.77. The van der Waals surface area contributed by atoms with Crippen molar-refractivity contribution in [2.24, 2.45) is 0 Å². The van der Waals surface area contributed by atoms with E-state index in [4.69, 9.17) is 4.74 Å². The molecule has 0 saturated carbocycles. The van der Waals surface area contributed by atoms with Gasteiger partial charge < -0.3 is 9.64 Å². The van der Waals surface area contributed by atoms with Gasteiger partial charge in [0, 0.05) is 24.8 Å². The van der Waals surface area contributed by atoms with Crippen molar-refractivity contribution in [1.29, 1.82) is 0 Å². The number of carbonyl (C=O) groups is 2. The fourth-order valence-corrected chi connectivity index (χ4v) is 3.94. The fraction of sp³-hybridized carbons (Fsp3) is 0.474. The highest BCUT2D eigenvalue weighted by molar-refractivity contribution is 8.18. The van der Waals surface area contributed by atoms with Gasteiger partial charge >= 0.3 is 0 Å². The van der Waals surface area contributed by atoms with Crippen molar-refractivity contribution >= 4 is 34.7 Å². The van der Waals surface area contributed by atoms with E-state index < -0.39 is 0 Å². The molecule has 3 rings (SSSR count). The Morgan fingerprint density at radius 1 is 1.28 bits per heavy atom. The Labute approximate surface area is 153 Å². The SMILES string of the molecule is CCC(C)N1C(=O)S/C(=C\c2ccc(N3CCOCC3)cc2C)C1=O. The van der Waals surface area contributed by atoms with Gasteiger partial charge in [0.25, 0.3) is 11.1 Å². The highest BCUT2D eigenvalue weighted by atomic mass is 32.2. The molecule has 0 aliphatic carbocycles. The molecular weight excluding hydrogens is 336 g/mol. The third kappa shape index (κ3) is 3.75. The van der Waals surface area contributed by atoms with E-state index in [1.54, 1.807) is 0 Å². The first-order valence-electron chi connectivity index (χ1n) is 8.71. The number of ether oxygens (including phenoxy) is 1. The van der Waals surface area contributed by atoms with Gasteiger partial charge in [-0.3, -0.25) is 14.5 Å². The highest BCUT2D eigenvalue weighted by Gasteiger charge is 2.37. The van der Waals surface area contributed by atoms with Crippen molar-refractivity contribution in [2.75, 3.05) is 31.2 Å². The minimum absolute atomic E-state index is 0.0665. The fourth-order valence-electron chi connectivity index (χ4n) is 3.02. The quantitative estimate of drug-likeness (QED) is 0.767. The summed E-state index contributed by atoms with van der Waals surface area (Å²) in [4.78, 5) is 28.9. The number of benzene rings is 1. The number of amides is 2. The number of imide groups is 1. The number of rotatable bonds is 4. The molecule has 2 aliphatic heterocycles. The zero-order chi connectivity index (χ0) is 18.0. The second-order valence-corrected chi connectivity index (χ2v) is 7.44. The van der Waals surface area contributed by atoms with Gasteiger partial charge in [-0.1, -0.05) is 13.0 Å². The predicted octanol–water partition coefficient (Wildman–Crippen LogP) is 3.67. The molecule has 134 valence electrons. The lowest BCUT2D eigenvalue weighted by molar-refractivity contribution is -0.124. The molecule has 2 fully saturated rings. The number of aryl methyl sites for hydroxylation is 1. The van der Waals surface area contributed by atoms with Crippen LogP contribution in [-0.2, 0) is 9.53 Å². The molecule has 2 heterocycles. The first-order chi connectivity index (χ1) is 12.0. The average Bonchev–Trinajstić information content (AvgIpc) is 2.90. The highest BCUT2D eigenvalue weighted by Crippen LogP contribution is 2.35. The van der Waals surface area contributed by atoms with Crippen LogP contribution in [0.15, 0.2) is 23.1 Å². The van der Waals surface area contributed by atoms with E-state index >= 15 is 0 Å². The molecule has 1 unspecified atom stereocenters. The Morgan fingerprint density at radius 2 is 2.00 bits per heavy atom. The lowest BCUT2D eigenvalue weighted by Crippen LogP contribution is -2.36. The molecule has 0 bridgehead atoms. The minimum atomic E-state index is -0.180. The van der Waals surface area contributed by atoms with Crippen molar-refractivity contribution in [2.45, 2.75) is 33.2 Å². The average molecular weight is 360 g/mol. The maximum Gasteiger partial charge on any atom is 0.293 e. The van der Waals surface area contributed by atoms with Crippen LogP contribution in [0, 0.1) is 6.92 Å². The summed E-state index contributed by atoms with van der Waals surface area (Å²) in [7, 11) is 0. The van der Waals surface area contributed by atoms with Gasteiger partial charge in [0.15, 0.2) is 0 Å². The summed E-state index contributed by atoms with van der Waals surface area (Å²) in [6, 6.07) is 6.17. The van der Waals surface area contributed by atoms with Crippen LogP contribution in [0.1, 0.15) is 31.4 Å². The van der Waals surface area contributed by atoms with Crippen molar-refractivity contribution in [3.63, 3.8) is 0 Å². The number of anilines is 1. The maximum absolute atomic E-state index is 12.5. The predicted molar refractivity (Wildman–Crippen MR) is 102 cm³/mol. The first-order valence-corrected chi connectivity index (χ1v) is 9.53. The molecule has 2 amide bonds. The lowest BCUT2D eigenvalue weighted by Gasteiger charge is -2.29. The van der Waals surface area contributed by atoms with Gasteiger partial charge in [-0.05, 0) is 61.4 Å². The molecule has 1 aromatic carbocycles. The largest absolute Gasteiger partial charge is 0.378 e. The van der Waals surface area contributed by atoms with E-state index in [0.717, 1.165) is 55.6 Å². The Morgan fingerprint density at radius 3 is 2.64 bits per heavy atom. The Bertz CT molecular complexity index is 711. The summed E-state index contributed by atoms with van der Waals surface area (Å²) in [6.45, 7) is 9.22. The second kappa shape index (κ2) is 7.62. The lowest BCUT2D eigenvalue weighted by atomic mass is 10.1. The van der Waals surface area contributed by atoms with Crippen molar-refractivity contribution < 1.29 is 14.3 Å². The molecule has 5 nitrogen and oxygen atoms in total. The standard InChI is InChI=1S/C19H24N2O3S/c1-4-14(3)21-18(22)17(25-19(21)23)12-15-5-6-16(11-13(15)2)20-7-9-24-10-8-20/h5-6,11-12,14H,4,7-10H2,1-3H3/b17-12-. The summed E-state index contributed by atoms with van der Waals surface area (Å²) in [5, 5.41) is -0.173. The van der Waals surface area contributed by atoms with Crippen LogP contribution in [0.2, 0.25) is 0 Å². The van der Waals surface area contributed by atoms with Crippen LogP contribution >= 0.6 is 11.8 Å². The van der Waals surface area contributed by atoms with E-state index in [1.165, 1.54) is 10.6 Å². The Kier molecular flexibility index (Phi) is 5.49. The smallest absolute Gasteiger partial charge is 0.293 e.